The number of para-hydroxylation sites is 1. The van der Waals surface area contributed by atoms with E-state index >= 15 is 0 Å². The van der Waals surface area contributed by atoms with E-state index in [1.54, 1.807) is 11.8 Å². The predicted molar refractivity (Wildman–Crippen MR) is 118 cm³/mol. The number of benzene rings is 4. The molecule has 0 radical (unpaired) electrons. The molecule has 0 N–H and O–H groups in total. The zero-order valence-corrected chi connectivity index (χ0v) is 16.5. The Kier molecular flexibility index (Phi) is 3.16. The molecule has 0 amide bonds. The van der Waals surface area contributed by atoms with Crippen LogP contribution in [0.25, 0.3) is 21.5 Å². The minimum atomic E-state index is -0.651. The van der Waals surface area contributed by atoms with Crippen LogP contribution < -0.4 is 9.64 Å². The lowest BCUT2D eigenvalue weighted by atomic mass is 9.98. The van der Waals surface area contributed by atoms with Crippen LogP contribution >= 0.6 is 11.8 Å². The molecule has 4 aromatic rings. The second-order valence-electron chi connectivity index (χ2n) is 7.28. The molecule has 0 fully saturated rings. The Morgan fingerprint density at radius 2 is 1.43 bits per heavy atom. The monoisotopic (exact) mass is 382 g/mol. The second kappa shape index (κ2) is 5.52. The van der Waals surface area contributed by atoms with Crippen molar-refractivity contribution in [2.45, 2.75) is 16.9 Å². The maximum absolute atomic E-state index is 6.87. The first-order valence-electron chi connectivity index (χ1n) is 9.39. The highest BCUT2D eigenvalue weighted by Gasteiger charge is 2.50. The fraction of sp³-hybridized carbons (Fsp3) is 0.125. The number of fused-ring (bicyclic) bond motifs is 7. The smallest absolute Gasteiger partial charge is 0.275 e. The topological polar surface area (TPSA) is 24.8 Å². The molecule has 28 heavy (non-hydrogen) atoms. The average molecular weight is 382 g/mol. The zero-order valence-electron chi connectivity index (χ0n) is 15.6. The van der Waals surface area contributed by atoms with Crippen molar-refractivity contribution in [3.8, 4) is 5.75 Å². The van der Waals surface area contributed by atoms with Crippen molar-refractivity contribution < 1.29 is 4.74 Å². The summed E-state index contributed by atoms with van der Waals surface area (Å²) < 4.78 is 6.87. The molecule has 3 nitrogen and oxygen atoms in total. The van der Waals surface area contributed by atoms with Crippen molar-refractivity contribution in [1.29, 1.82) is 0 Å². The third-order valence-electron chi connectivity index (χ3n) is 5.75. The van der Waals surface area contributed by atoms with Gasteiger partial charge in [0.25, 0.3) is 5.06 Å². The molecule has 0 aromatic heterocycles. The molecule has 4 aromatic carbocycles. The summed E-state index contributed by atoms with van der Waals surface area (Å²) in [5.74, 6) is 0.868. The van der Waals surface area contributed by atoms with Crippen LogP contribution in [0.4, 0.5) is 11.4 Å². The van der Waals surface area contributed by atoms with Gasteiger partial charge in [-0.05, 0) is 41.6 Å². The van der Waals surface area contributed by atoms with Crippen LogP contribution in [0.5, 0.6) is 5.75 Å². The molecule has 0 aliphatic carbocycles. The van der Waals surface area contributed by atoms with Gasteiger partial charge in [-0.25, -0.2) is 4.99 Å². The number of aliphatic imine (C=N–C) groups is 1. The predicted octanol–water partition coefficient (Wildman–Crippen LogP) is 6.37. The van der Waals surface area contributed by atoms with E-state index in [-0.39, 0.29) is 0 Å². The zero-order chi connectivity index (χ0) is 18.9. The lowest BCUT2D eigenvalue weighted by molar-refractivity contribution is 0.236. The number of hydrogen-bond acceptors (Lipinski definition) is 4. The molecule has 1 spiro atoms. The number of anilines is 1. The van der Waals surface area contributed by atoms with E-state index in [0.717, 1.165) is 27.9 Å². The molecular formula is C24H18N2OS. The highest BCUT2D eigenvalue weighted by atomic mass is 32.2. The van der Waals surface area contributed by atoms with Crippen LogP contribution in [0.3, 0.4) is 0 Å². The summed E-state index contributed by atoms with van der Waals surface area (Å²) in [7, 11) is 2.09. The van der Waals surface area contributed by atoms with Gasteiger partial charge in [0.15, 0.2) is 5.75 Å². The number of hydrogen-bond donors (Lipinski definition) is 0. The van der Waals surface area contributed by atoms with Crippen molar-refractivity contribution >= 4 is 50.4 Å². The van der Waals surface area contributed by atoms with E-state index in [4.69, 9.17) is 9.73 Å². The first-order valence-corrected chi connectivity index (χ1v) is 10.2. The van der Waals surface area contributed by atoms with Crippen molar-refractivity contribution in [2.75, 3.05) is 11.9 Å². The molecule has 6 rings (SSSR count). The van der Waals surface area contributed by atoms with E-state index in [2.05, 4.69) is 91.7 Å². The number of ether oxygens (including phenoxy) is 1. The van der Waals surface area contributed by atoms with Crippen LogP contribution in [-0.2, 0) is 0 Å². The van der Waals surface area contributed by atoms with Gasteiger partial charge in [-0.2, -0.15) is 0 Å². The molecular weight excluding hydrogens is 364 g/mol. The van der Waals surface area contributed by atoms with Gasteiger partial charge in [0.2, 0.25) is 0 Å². The van der Waals surface area contributed by atoms with Crippen molar-refractivity contribution in [3.63, 3.8) is 0 Å². The van der Waals surface area contributed by atoms with E-state index in [1.165, 1.54) is 21.4 Å². The standard InChI is InChI=1S/C24H18N2OS/c1-15-24(26(2)20-13-7-8-14-21(20)28-24)27-23-19-12-6-4-10-17(19)16-9-3-5-11-18(16)22(23)25-15/h3-14H,1-2H3. The SMILES string of the molecule is CC1=Nc2c(c3ccccc3c3ccccc23)OC12Sc1ccccc1N2C. The largest absolute Gasteiger partial charge is 0.450 e. The van der Waals surface area contributed by atoms with Crippen LogP contribution in [0.15, 0.2) is 82.7 Å². The summed E-state index contributed by atoms with van der Waals surface area (Å²) in [5, 5.41) is 4.00. The summed E-state index contributed by atoms with van der Waals surface area (Å²) in [6.45, 7) is 2.07. The summed E-state index contributed by atoms with van der Waals surface area (Å²) in [6.07, 6.45) is 0. The van der Waals surface area contributed by atoms with Crippen molar-refractivity contribution in [1.82, 2.24) is 0 Å². The van der Waals surface area contributed by atoms with Gasteiger partial charge in [-0.1, -0.05) is 60.7 Å². The Labute approximate surface area is 167 Å². The van der Waals surface area contributed by atoms with Gasteiger partial charge in [0, 0.05) is 22.7 Å². The number of rotatable bonds is 0. The van der Waals surface area contributed by atoms with Gasteiger partial charge >= 0.3 is 0 Å². The van der Waals surface area contributed by atoms with Crippen LogP contribution in [-0.4, -0.2) is 17.8 Å². The van der Waals surface area contributed by atoms with Gasteiger partial charge in [-0.15, -0.1) is 0 Å². The molecule has 0 bridgehead atoms. The molecule has 2 aliphatic rings. The fourth-order valence-corrected chi connectivity index (χ4v) is 5.67. The quantitative estimate of drug-likeness (QED) is 0.330. The fourth-order valence-electron chi connectivity index (χ4n) is 4.36. The van der Waals surface area contributed by atoms with Gasteiger partial charge in [0.1, 0.15) is 5.69 Å². The maximum atomic E-state index is 6.87. The van der Waals surface area contributed by atoms with Gasteiger partial charge in [-0.3, -0.25) is 0 Å². The summed E-state index contributed by atoms with van der Waals surface area (Å²) in [6, 6.07) is 25.3. The number of nitrogens with zero attached hydrogens (tertiary/aromatic N) is 2. The molecule has 4 heteroatoms. The van der Waals surface area contributed by atoms with E-state index in [9.17, 15) is 0 Å². The average Bonchev–Trinajstić information content (AvgIpc) is 3.02. The van der Waals surface area contributed by atoms with Gasteiger partial charge < -0.3 is 9.64 Å². The molecule has 2 aliphatic heterocycles. The van der Waals surface area contributed by atoms with E-state index in [0.29, 0.717) is 0 Å². The molecule has 136 valence electrons. The first-order chi connectivity index (χ1) is 13.7. The Bertz CT molecular complexity index is 1310. The molecule has 1 atom stereocenters. The van der Waals surface area contributed by atoms with Crippen LogP contribution in [0.2, 0.25) is 0 Å². The third-order valence-corrected chi connectivity index (χ3v) is 7.25. The third kappa shape index (κ3) is 1.93. The maximum Gasteiger partial charge on any atom is 0.275 e. The van der Waals surface area contributed by atoms with Gasteiger partial charge in [0.05, 0.1) is 11.4 Å². The summed E-state index contributed by atoms with van der Waals surface area (Å²) in [5.41, 5.74) is 3.07. The van der Waals surface area contributed by atoms with Crippen LogP contribution in [0.1, 0.15) is 6.92 Å². The number of thioether (sulfide) groups is 1. The second-order valence-corrected chi connectivity index (χ2v) is 8.48. The molecule has 0 saturated heterocycles. The Hall–Kier alpha value is -2.98. The summed E-state index contributed by atoms with van der Waals surface area (Å²) in [4.78, 5) is 8.54. The highest BCUT2D eigenvalue weighted by Crippen LogP contribution is 2.56. The van der Waals surface area contributed by atoms with E-state index < -0.39 is 5.06 Å². The first kappa shape index (κ1) is 16.0. The van der Waals surface area contributed by atoms with E-state index in [1.807, 2.05) is 0 Å². The minimum Gasteiger partial charge on any atom is -0.450 e. The summed E-state index contributed by atoms with van der Waals surface area (Å²) >= 11 is 1.73. The van der Waals surface area contributed by atoms with Crippen molar-refractivity contribution in [3.05, 3.63) is 72.8 Å². The Morgan fingerprint density at radius 1 is 0.821 bits per heavy atom. The lowest BCUT2D eigenvalue weighted by Gasteiger charge is -2.39. The van der Waals surface area contributed by atoms with Crippen molar-refractivity contribution in [2.24, 2.45) is 4.99 Å². The minimum absolute atomic E-state index is 0.651. The lowest BCUT2D eigenvalue weighted by Crippen LogP contribution is -2.52. The Balaban J connectivity index is 1.66. The normalized spacial score (nSPS) is 20.2. The highest BCUT2D eigenvalue weighted by molar-refractivity contribution is 8.02. The molecule has 0 saturated carbocycles. The molecule has 1 unspecified atom stereocenters. The Morgan fingerprint density at radius 3 is 2.18 bits per heavy atom. The molecule has 2 heterocycles. The van der Waals surface area contributed by atoms with Crippen LogP contribution in [0, 0.1) is 0 Å².